The number of hydrogen-bond acceptors (Lipinski definition) is 7. The Balaban J connectivity index is 2.13. The highest BCUT2D eigenvalue weighted by Crippen LogP contribution is 2.34. The second-order valence-electron chi connectivity index (χ2n) is 10.1. The van der Waals surface area contributed by atoms with E-state index >= 15 is 0 Å². The number of halogens is 1. The van der Waals surface area contributed by atoms with Crippen molar-refractivity contribution in [3.05, 3.63) is 99.1 Å². The van der Waals surface area contributed by atoms with Gasteiger partial charge in [-0.1, -0.05) is 61.0 Å². The summed E-state index contributed by atoms with van der Waals surface area (Å²) in [5, 5.41) is 14.9. The summed E-state index contributed by atoms with van der Waals surface area (Å²) in [5.41, 5.74) is 0.888. The van der Waals surface area contributed by atoms with Crippen molar-refractivity contribution in [2.75, 3.05) is 24.2 Å². The summed E-state index contributed by atoms with van der Waals surface area (Å²) in [7, 11) is -2.88. The summed E-state index contributed by atoms with van der Waals surface area (Å²) < 4.78 is 32.1. The van der Waals surface area contributed by atoms with Gasteiger partial charge >= 0.3 is 0 Å². The molecule has 2 atom stereocenters. The summed E-state index contributed by atoms with van der Waals surface area (Å²) in [6.45, 7) is 2.99. The van der Waals surface area contributed by atoms with Crippen molar-refractivity contribution in [2.24, 2.45) is 0 Å². The molecule has 1 N–H and O–H groups in total. The Morgan fingerprint density at radius 1 is 1.05 bits per heavy atom. The fourth-order valence-electron chi connectivity index (χ4n) is 4.36. The molecule has 0 saturated carbocycles. The number of methoxy groups -OCH3 is 1. The number of carbonyl (C=O) groups excluding carboxylic acids is 2. The summed E-state index contributed by atoms with van der Waals surface area (Å²) in [5.74, 6) is -1.09. The second-order valence-corrected chi connectivity index (χ2v) is 12.4. The molecule has 230 valence electrons. The first-order valence-corrected chi connectivity index (χ1v) is 15.7. The van der Waals surface area contributed by atoms with Gasteiger partial charge in [0.1, 0.15) is 24.0 Å². The third-order valence-electron chi connectivity index (χ3n) is 6.86. The third kappa shape index (κ3) is 9.16. The molecule has 13 heteroatoms. The van der Waals surface area contributed by atoms with Gasteiger partial charge in [0.25, 0.3) is 5.69 Å². The first-order chi connectivity index (χ1) is 20.3. The summed E-state index contributed by atoms with van der Waals surface area (Å²) in [6, 6.07) is 18.2. The van der Waals surface area contributed by atoms with Crippen molar-refractivity contribution < 1.29 is 27.7 Å². The standard InChI is InChI=1S/C30H35ClN4O7S/c1-5-21(2)32-30(37)27(17-22-9-7-6-8-10-22)33(19-23-11-13-24(31)14-12-23)29(36)20-34(43(4,40)41)26-18-25(35(38)39)15-16-28(26)42-3/h6-16,18,21,27H,5,17,19-20H2,1-4H3,(H,32,37)/t21-,27+/m0/s1. The van der Waals surface area contributed by atoms with Crippen LogP contribution in [0.4, 0.5) is 11.4 Å². The van der Waals surface area contributed by atoms with Crippen molar-refractivity contribution >= 4 is 44.8 Å². The van der Waals surface area contributed by atoms with Gasteiger partial charge in [-0.25, -0.2) is 8.42 Å². The van der Waals surface area contributed by atoms with Gasteiger partial charge in [0.05, 0.1) is 18.3 Å². The van der Waals surface area contributed by atoms with Crippen LogP contribution in [0.1, 0.15) is 31.4 Å². The lowest BCUT2D eigenvalue weighted by Crippen LogP contribution is -2.54. The maximum atomic E-state index is 14.2. The van der Waals surface area contributed by atoms with Crippen LogP contribution < -0.4 is 14.4 Å². The van der Waals surface area contributed by atoms with Gasteiger partial charge in [-0.05, 0) is 42.7 Å². The quantitative estimate of drug-likeness (QED) is 0.203. The van der Waals surface area contributed by atoms with Crippen molar-refractivity contribution in [1.29, 1.82) is 0 Å². The van der Waals surface area contributed by atoms with E-state index in [4.69, 9.17) is 16.3 Å². The molecular formula is C30H35ClN4O7S. The maximum Gasteiger partial charge on any atom is 0.271 e. The largest absolute Gasteiger partial charge is 0.495 e. The van der Waals surface area contributed by atoms with E-state index in [1.165, 1.54) is 24.1 Å². The summed E-state index contributed by atoms with van der Waals surface area (Å²) in [6.07, 6.45) is 1.70. The van der Waals surface area contributed by atoms with E-state index in [2.05, 4.69) is 5.32 Å². The Bertz CT molecular complexity index is 1540. The molecule has 0 unspecified atom stereocenters. The summed E-state index contributed by atoms with van der Waals surface area (Å²) in [4.78, 5) is 40.1. The lowest BCUT2D eigenvalue weighted by molar-refractivity contribution is -0.384. The molecule has 0 fully saturated rings. The minimum atomic E-state index is -4.16. The Morgan fingerprint density at radius 3 is 2.26 bits per heavy atom. The number of amides is 2. The topological polar surface area (TPSA) is 139 Å². The van der Waals surface area contributed by atoms with E-state index in [0.717, 1.165) is 22.2 Å². The number of nitro groups is 1. The zero-order valence-corrected chi connectivity index (χ0v) is 26.0. The van der Waals surface area contributed by atoms with Crippen molar-refractivity contribution in [2.45, 2.75) is 45.3 Å². The highest BCUT2D eigenvalue weighted by molar-refractivity contribution is 7.92. The predicted octanol–water partition coefficient (Wildman–Crippen LogP) is 4.58. The lowest BCUT2D eigenvalue weighted by Gasteiger charge is -2.34. The highest BCUT2D eigenvalue weighted by atomic mass is 35.5. The van der Waals surface area contributed by atoms with Gasteiger partial charge < -0.3 is 15.0 Å². The molecule has 0 aliphatic heterocycles. The van der Waals surface area contributed by atoms with Gasteiger partial charge in [0.15, 0.2) is 0 Å². The van der Waals surface area contributed by atoms with E-state index in [0.29, 0.717) is 17.0 Å². The van der Waals surface area contributed by atoms with Crippen molar-refractivity contribution in [1.82, 2.24) is 10.2 Å². The Kier molecular flexibility index (Phi) is 11.5. The number of non-ortho nitro benzene ring substituents is 1. The lowest BCUT2D eigenvalue weighted by atomic mass is 10.0. The van der Waals surface area contributed by atoms with E-state index in [1.807, 2.05) is 44.2 Å². The molecule has 3 aromatic rings. The molecule has 0 aromatic heterocycles. The molecule has 0 saturated heterocycles. The molecule has 43 heavy (non-hydrogen) atoms. The number of anilines is 1. The Hall–Kier alpha value is -4.16. The van der Waals surface area contributed by atoms with E-state index in [1.54, 1.807) is 24.3 Å². The summed E-state index contributed by atoms with van der Waals surface area (Å²) >= 11 is 6.08. The van der Waals surface area contributed by atoms with Gasteiger partial charge in [-0.15, -0.1) is 0 Å². The van der Waals surface area contributed by atoms with Crippen LogP contribution in [0.3, 0.4) is 0 Å². The zero-order valence-electron chi connectivity index (χ0n) is 24.4. The molecule has 2 amide bonds. The molecule has 11 nitrogen and oxygen atoms in total. The average molecular weight is 631 g/mol. The smallest absolute Gasteiger partial charge is 0.271 e. The number of carbonyl (C=O) groups is 2. The van der Waals surface area contributed by atoms with Crippen LogP contribution in [0.15, 0.2) is 72.8 Å². The second kappa shape index (κ2) is 14.8. The predicted molar refractivity (Wildman–Crippen MR) is 166 cm³/mol. The number of nitro benzene ring substituents is 1. The number of rotatable bonds is 14. The SMILES string of the molecule is CC[C@H](C)NC(=O)[C@@H](Cc1ccccc1)N(Cc1ccc(Cl)cc1)C(=O)CN(c1cc([N+](=O)[O-])ccc1OC)S(C)(=O)=O. The monoisotopic (exact) mass is 630 g/mol. The average Bonchev–Trinajstić information content (AvgIpc) is 2.97. The van der Waals surface area contributed by atoms with Crippen molar-refractivity contribution in [3.63, 3.8) is 0 Å². The molecule has 0 aliphatic rings. The Labute approximate surface area is 256 Å². The third-order valence-corrected chi connectivity index (χ3v) is 8.24. The van der Waals surface area contributed by atoms with Crippen LogP contribution in [-0.4, -0.2) is 62.0 Å². The molecular weight excluding hydrogens is 596 g/mol. The van der Waals surface area contributed by atoms with Crippen LogP contribution in [0.5, 0.6) is 5.75 Å². The molecule has 0 radical (unpaired) electrons. The molecule has 0 heterocycles. The minimum Gasteiger partial charge on any atom is -0.495 e. The number of nitrogens with one attached hydrogen (secondary N) is 1. The number of ether oxygens (including phenoxy) is 1. The fraction of sp³-hybridized carbons (Fsp3) is 0.333. The van der Waals surface area contributed by atoms with E-state index < -0.39 is 39.3 Å². The van der Waals surface area contributed by atoms with Crippen LogP contribution in [0.2, 0.25) is 5.02 Å². The van der Waals surface area contributed by atoms with Gasteiger partial charge in [-0.2, -0.15) is 0 Å². The Morgan fingerprint density at radius 2 is 1.70 bits per heavy atom. The number of hydrogen-bond donors (Lipinski definition) is 1. The van der Waals surface area contributed by atoms with Crippen LogP contribution >= 0.6 is 11.6 Å². The normalized spacial score (nSPS) is 12.6. The van der Waals surface area contributed by atoms with Crippen LogP contribution in [-0.2, 0) is 32.6 Å². The number of nitrogens with zero attached hydrogens (tertiary/aromatic N) is 3. The molecule has 3 rings (SSSR count). The maximum absolute atomic E-state index is 14.2. The molecule has 0 bridgehead atoms. The molecule has 0 aliphatic carbocycles. The van der Waals surface area contributed by atoms with Gasteiger partial charge in [0.2, 0.25) is 21.8 Å². The van der Waals surface area contributed by atoms with Crippen LogP contribution in [0.25, 0.3) is 0 Å². The van der Waals surface area contributed by atoms with Crippen molar-refractivity contribution in [3.8, 4) is 5.75 Å². The van der Waals surface area contributed by atoms with Gasteiger partial charge in [0, 0.05) is 36.2 Å². The number of sulfonamides is 1. The van der Waals surface area contributed by atoms with E-state index in [9.17, 15) is 28.1 Å². The first-order valence-electron chi connectivity index (χ1n) is 13.5. The fourth-order valence-corrected chi connectivity index (χ4v) is 5.33. The van der Waals surface area contributed by atoms with Gasteiger partial charge in [-0.3, -0.25) is 24.0 Å². The zero-order chi connectivity index (χ0) is 31.7. The molecule has 0 spiro atoms. The van der Waals surface area contributed by atoms with Crippen LogP contribution in [0, 0.1) is 10.1 Å². The highest BCUT2D eigenvalue weighted by Gasteiger charge is 2.34. The molecule has 3 aromatic carbocycles. The number of benzene rings is 3. The minimum absolute atomic E-state index is 0.0171. The first kappa shape index (κ1) is 33.3. The van der Waals surface area contributed by atoms with E-state index in [-0.39, 0.29) is 36.1 Å².